The number of nitrogens with zero attached hydrogens (tertiary/aromatic N) is 12. The van der Waals surface area contributed by atoms with E-state index in [9.17, 15) is 17.6 Å². The molecule has 9 heterocycles. The number of anilines is 3. The third kappa shape index (κ3) is 13.2. The van der Waals surface area contributed by atoms with Gasteiger partial charge in [0.05, 0.1) is 81.5 Å². The van der Waals surface area contributed by atoms with Crippen molar-refractivity contribution in [2.24, 2.45) is 4.99 Å². The number of nitrogens with two attached hydrogens (primary N) is 1. The number of ether oxygens (including phenoxy) is 6. The fourth-order valence-electron chi connectivity index (χ4n) is 7.38. The molecule has 5 saturated heterocycles. The van der Waals surface area contributed by atoms with Gasteiger partial charge in [-0.1, -0.05) is 0 Å². The molecule has 0 aliphatic carbocycles. The van der Waals surface area contributed by atoms with Crippen LogP contribution < -0.4 is 30.5 Å². The zero-order chi connectivity index (χ0) is 52.2. The van der Waals surface area contributed by atoms with Crippen molar-refractivity contribution in [3.63, 3.8) is 0 Å². The topological polar surface area (TPSA) is 225 Å². The average molecular weight is 1030 g/mol. The number of nitrogen functional groups attached to an aromatic ring is 1. The van der Waals surface area contributed by atoms with E-state index in [1.54, 1.807) is 19.0 Å². The second-order valence-electron chi connectivity index (χ2n) is 19.8. The van der Waals surface area contributed by atoms with E-state index in [0.29, 0.717) is 77.8 Å². The van der Waals surface area contributed by atoms with Crippen LogP contribution in [0.15, 0.2) is 29.5 Å². The monoisotopic (exact) mass is 1030 g/mol. The van der Waals surface area contributed by atoms with Crippen LogP contribution in [0.5, 0.6) is 12.0 Å². The van der Waals surface area contributed by atoms with Gasteiger partial charge in [0.2, 0.25) is 17.2 Å². The third-order valence-corrected chi connectivity index (χ3v) is 12.4. The SMILES string of the molecule is CC1(C)COCCN1c1nc(Cl)nc(OC2COC2)n1.CC1(C)COCCN1c1nc(OC2COC2)nc(-c2cnc(N)cc2C(F)F)n1.CN(C)C=Nc1cc(C(F)F)c(B2OC(C)(C)C(C)(C)O2)cn1. The molecule has 4 aromatic heterocycles. The maximum atomic E-state index is 13.6. The Labute approximate surface area is 420 Å². The maximum Gasteiger partial charge on any atom is 0.496 e. The first-order chi connectivity index (χ1) is 33.9. The fraction of sp³-hybridized carbons (Fsp3) is 0.622. The summed E-state index contributed by atoms with van der Waals surface area (Å²) in [6.07, 6.45) is -1.51. The van der Waals surface area contributed by atoms with Crippen LogP contribution in [0.3, 0.4) is 0 Å². The summed E-state index contributed by atoms with van der Waals surface area (Å²) in [4.78, 5) is 43.6. The quantitative estimate of drug-likeness (QED) is 0.0822. The Kier molecular flexibility index (Phi) is 16.9. The molecule has 0 amide bonds. The molecule has 72 heavy (non-hydrogen) atoms. The maximum absolute atomic E-state index is 13.6. The molecule has 5 aliphatic heterocycles. The van der Waals surface area contributed by atoms with Gasteiger partial charge in [-0.15, -0.1) is 0 Å². The molecule has 5 aliphatic rings. The van der Waals surface area contributed by atoms with Crippen molar-refractivity contribution in [3.05, 3.63) is 40.9 Å². The van der Waals surface area contributed by atoms with E-state index in [-0.39, 0.29) is 74.7 Å². The van der Waals surface area contributed by atoms with Crippen LogP contribution in [-0.2, 0) is 28.3 Å². The summed E-state index contributed by atoms with van der Waals surface area (Å²) in [6, 6.07) is 2.70. The van der Waals surface area contributed by atoms with Gasteiger partial charge in [0.1, 0.15) is 18.0 Å². The van der Waals surface area contributed by atoms with Crippen LogP contribution in [-0.4, -0.2) is 173 Å². The highest BCUT2D eigenvalue weighted by Gasteiger charge is 2.53. The van der Waals surface area contributed by atoms with E-state index in [4.69, 9.17) is 55.1 Å². The molecule has 27 heteroatoms. The minimum absolute atomic E-state index is 0.000911. The van der Waals surface area contributed by atoms with Crippen LogP contribution in [0.1, 0.15) is 79.4 Å². The average Bonchev–Trinajstić information content (AvgIpc) is 3.50. The summed E-state index contributed by atoms with van der Waals surface area (Å²) in [5.41, 5.74) is 3.65. The summed E-state index contributed by atoms with van der Waals surface area (Å²) in [5.74, 6) is 1.12. The smallest absolute Gasteiger partial charge is 0.455 e. The number of hydrogen-bond donors (Lipinski definition) is 1. The minimum atomic E-state index is -2.76. The van der Waals surface area contributed by atoms with E-state index in [1.165, 1.54) is 24.8 Å². The summed E-state index contributed by atoms with van der Waals surface area (Å²) in [6.45, 7) is 21.1. The van der Waals surface area contributed by atoms with Crippen molar-refractivity contribution in [2.75, 3.05) is 95.6 Å². The lowest BCUT2D eigenvalue weighted by Crippen LogP contribution is -2.54. The van der Waals surface area contributed by atoms with Crippen LogP contribution in [0.2, 0.25) is 5.28 Å². The van der Waals surface area contributed by atoms with Gasteiger partial charge in [-0.2, -0.15) is 29.9 Å². The zero-order valence-corrected chi connectivity index (χ0v) is 42.7. The van der Waals surface area contributed by atoms with Crippen LogP contribution in [0.4, 0.5) is 41.1 Å². The minimum Gasteiger partial charge on any atom is -0.455 e. The molecular formula is C45H61BClF4N13O8. The van der Waals surface area contributed by atoms with Gasteiger partial charge in [0.25, 0.3) is 12.9 Å². The highest BCUT2D eigenvalue weighted by atomic mass is 35.5. The van der Waals surface area contributed by atoms with Crippen LogP contribution in [0.25, 0.3) is 11.4 Å². The highest BCUT2D eigenvalue weighted by Crippen LogP contribution is 2.38. The predicted octanol–water partition coefficient (Wildman–Crippen LogP) is 5.30. The molecule has 0 atom stereocenters. The standard InChI is InChI=1S/C18H22F2N6O3.C15H22BF2N3O2.C12H17ClN4O3/c1-18(2)9-27-4-3-26(18)16-23-15(24-17(25-16)29-10-7-28-8-10)12-6-22-13(21)5-11(12)14(19)20;1-14(2)15(3,4)23-16(22-14)11-8-19-12(20-9-21(5)6)7-10(11)13(17)18;1-12(2)7-18-4-3-17(12)10-14-9(13)15-11(16-10)20-8-5-19-6-8/h5-6,10,14H,3-4,7-9H2,1-2H3,(H2,21,22);7-9,13H,1-6H3;8H,3-7H2,1-2H3. The van der Waals surface area contributed by atoms with E-state index in [2.05, 4.69) is 63.6 Å². The van der Waals surface area contributed by atoms with E-state index in [0.717, 1.165) is 6.07 Å². The van der Waals surface area contributed by atoms with Crippen molar-refractivity contribution in [1.82, 2.24) is 44.8 Å². The largest absolute Gasteiger partial charge is 0.496 e. The first kappa shape index (κ1) is 54.4. The molecule has 0 bridgehead atoms. The molecule has 0 radical (unpaired) electrons. The van der Waals surface area contributed by atoms with Gasteiger partial charge < -0.3 is 58.2 Å². The van der Waals surface area contributed by atoms with E-state index >= 15 is 0 Å². The first-order valence-electron chi connectivity index (χ1n) is 23.2. The van der Waals surface area contributed by atoms with Gasteiger partial charge in [0, 0.05) is 61.7 Å². The Morgan fingerprint density at radius 3 is 1.74 bits per heavy atom. The number of halogens is 5. The van der Waals surface area contributed by atoms with Crippen molar-refractivity contribution < 1.29 is 55.3 Å². The number of rotatable bonds is 12. The van der Waals surface area contributed by atoms with Crippen LogP contribution in [0, 0.1) is 0 Å². The molecular weight excluding hydrogens is 973 g/mol. The molecule has 0 spiro atoms. The predicted molar refractivity (Wildman–Crippen MR) is 259 cm³/mol. The molecule has 0 saturated carbocycles. The molecule has 4 aromatic rings. The number of alkyl halides is 4. The molecule has 21 nitrogen and oxygen atoms in total. The Balaban J connectivity index is 0.000000162. The lowest BCUT2D eigenvalue weighted by molar-refractivity contribution is -0.0831. The fourth-order valence-corrected chi connectivity index (χ4v) is 7.53. The Morgan fingerprint density at radius 1 is 0.722 bits per heavy atom. The summed E-state index contributed by atoms with van der Waals surface area (Å²) in [7, 11) is 2.70. The molecule has 0 aromatic carbocycles. The van der Waals surface area contributed by atoms with Gasteiger partial charge in [0.15, 0.2) is 11.6 Å². The summed E-state index contributed by atoms with van der Waals surface area (Å²) >= 11 is 5.98. The second kappa shape index (κ2) is 22.4. The molecule has 0 unspecified atom stereocenters. The van der Waals surface area contributed by atoms with Crippen molar-refractivity contribution in [2.45, 2.75) is 103 Å². The molecule has 392 valence electrons. The second-order valence-corrected chi connectivity index (χ2v) is 20.1. The highest BCUT2D eigenvalue weighted by molar-refractivity contribution is 6.62. The van der Waals surface area contributed by atoms with Gasteiger partial charge in [-0.05, 0) is 79.1 Å². The first-order valence-corrected chi connectivity index (χ1v) is 23.5. The molecule has 9 rings (SSSR count). The van der Waals surface area contributed by atoms with E-state index in [1.807, 2.05) is 46.4 Å². The lowest BCUT2D eigenvalue weighted by atomic mass is 9.77. The van der Waals surface area contributed by atoms with E-state index < -0.39 is 36.7 Å². The normalized spacial score (nSPS) is 20.3. The lowest BCUT2D eigenvalue weighted by Gasteiger charge is -2.42. The van der Waals surface area contributed by atoms with Gasteiger partial charge in [-0.3, -0.25) is 0 Å². The van der Waals surface area contributed by atoms with Crippen molar-refractivity contribution in [3.8, 4) is 23.4 Å². The number of morpholine rings is 2. The zero-order valence-electron chi connectivity index (χ0n) is 41.9. The number of aromatic nitrogens is 8. The Hall–Kier alpha value is -5.38. The van der Waals surface area contributed by atoms with Crippen molar-refractivity contribution >= 4 is 54.1 Å². The van der Waals surface area contributed by atoms with Crippen molar-refractivity contribution in [1.29, 1.82) is 0 Å². The molecule has 2 N–H and O–H groups in total. The van der Waals surface area contributed by atoms with Gasteiger partial charge >= 0.3 is 19.1 Å². The van der Waals surface area contributed by atoms with Gasteiger partial charge in [-0.25, -0.2) is 32.5 Å². The Morgan fingerprint density at radius 2 is 1.25 bits per heavy atom. The Bertz CT molecular complexity index is 2510. The summed E-state index contributed by atoms with van der Waals surface area (Å²) in [5, 5.41) is 0.132. The third-order valence-electron chi connectivity index (χ3n) is 12.3. The number of aliphatic imine (C=N–C) groups is 1. The number of hydrogen-bond acceptors (Lipinski definition) is 20. The number of pyridine rings is 2. The molecule has 5 fully saturated rings. The van der Waals surface area contributed by atoms with Crippen LogP contribution >= 0.6 is 11.6 Å². The summed E-state index contributed by atoms with van der Waals surface area (Å²) < 4.78 is 98.4.